The lowest BCUT2D eigenvalue weighted by Crippen LogP contribution is -3.00. The Morgan fingerprint density at radius 1 is 1.23 bits per heavy atom. The highest BCUT2D eigenvalue weighted by Crippen LogP contribution is 2.42. The zero-order chi connectivity index (χ0) is 17.9. The van der Waals surface area contributed by atoms with E-state index in [-0.39, 0.29) is 35.7 Å². The normalized spacial score (nSPS) is 31.1. The van der Waals surface area contributed by atoms with Crippen molar-refractivity contribution in [2.24, 2.45) is 0 Å². The van der Waals surface area contributed by atoms with Crippen LogP contribution in [-0.2, 0) is 9.53 Å². The molecular formula is C21H32BrNO3. The molecule has 2 heterocycles. The summed E-state index contributed by atoms with van der Waals surface area (Å²) in [6, 6.07) is 10.7. The average molecular weight is 426 g/mol. The van der Waals surface area contributed by atoms with Gasteiger partial charge in [0.25, 0.3) is 0 Å². The Hall–Kier alpha value is -0.910. The van der Waals surface area contributed by atoms with Gasteiger partial charge in [0.1, 0.15) is 12.0 Å². The number of aliphatic hydroxyl groups excluding tert-OH is 1. The summed E-state index contributed by atoms with van der Waals surface area (Å²) >= 11 is 0. The maximum atomic E-state index is 12.6. The molecule has 5 heteroatoms. The van der Waals surface area contributed by atoms with E-state index < -0.39 is 5.92 Å². The van der Waals surface area contributed by atoms with E-state index in [2.05, 4.69) is 14.0 Å². The van der Waals surface area contributed by atoms with Crippen LogP contribution in [-0.4, -0.2) is 53.9 Å². The second-order valence-electron chi connectivity index (χ2n) is 7.99. The summed E-state index contributed by atoms with van der Waals surface area (Å²) in [6.07, 6.45) is 6.96. The zero-order valence-corrected chi connectivity index (χ0v) is 17.5. The van der Waals surface area contributed by atoms with E-state index in [9.17, 15) is 9.90 Å². The highest BCUT2D eigenvalue weighted by molar-refractivity contribution is 5.78. The molecule has 2 bridgehead atoms. The van der Waals surface area contributed by atoms with Crippen LogP contribution in [0.3, 0.4) is 0 Å². The van der Waals surface area contributed by atoms with Crippen LogP contribution in [0.15, 0.2) is 30.3 Å². The van der Waals surface area contributed by atoms with Crippen molar-refractivity contribution in [2.75, 3.05) is 20.2 Å². The smallest absolute Gasteiger partial charge is 0.316 e. The molecule has 0 spiro atoms. The molecule has 2 aliphatic rings. The molecule has 5 atom stereocenters. The van der Waals surface area contributed by atoms with Crippen LogP contribution in [0.4, 0.5) is 0 Å². The van der Waals surface area contributed by atoms with Gasteiger partial charge in [-0.15, -0.1) is 0 Å². The summed E-state index contributed by atoms with van der Waals surface area (Å²) in [7, 11) is 2.40. The summed E-state index contributed by atoms with van der Waals surface area (Å²) in [4.78, 5) is 12.6. The molecule has 146 valence electrons. The average Bonchev–Trinajstić information content (AvgIpc) is 2.79. The molecule has 2 unspecified atom stereocenters. The Morgan fingerprint density at radius 3 is 2.38 bits per heavy atom. The lowest BCUT2D eigenvalue weighted by atomic mass is 9.95. The van der Waals surface area contributed by atoms with Crippen molar-refractivity contribution >= 4 is 5.97 Å². The van der Waals surface area contributed by atoms with E-state index in [4.69, 9.17) is 4.74 Å². The number of halogens is 1. The summed E-state index contributed by atoms with van der Waals surface area (Å²) in [5, 5.41) is 9.67. The van der Waals surface area contributed by atoms with Gasteiger partial charge in [0.15, 0.2) is 0 Å². The second kappa shape index (κ2) is 9.34. The number of benzene rings is 1. The van der Waals surface area contributed by atoms with E-state index in [1.807, 2.05) is 30.3 Å². The van der Waals surface area contributed by atoms with Crippen LogP contribution >= 0.6 is 0 Å². The second-order valence-corrected chi connectivity index (χ2v) is 7.99. The first-order valence-corrected chi connectivity index (χ1v) is 9.79. The molecule has 0 aliphatic carbocycles. The third-order valence-corrected chi connectivity index (χ3v) is 6.52. The van der Waals surface area contributed by atoms with Gasteiger partial charge in [-0.25, -0.2) is 0 Å². The van der Waals surface area contributed by atoms with E-state index in [1.54, 1.807) is 0 Å². The topological polar surface area (TPSA) is 46.5 Å². The fourth-order valence-electron chi connectivity index (χ4n) is 4.90. The Kier molecular flexibility index (Phi) is 7.68. The van der Waals surface area contributed by atoms with Crippen molar-refractivity contribution in [2.45, 2.75) is 69.6 Å². The molecule has 2 aliphatic heterocycles. The standard InChI is InChI=1S/C21H32NO3.BrH/c1-3-4-12-22(2)17-10-11-18(22)14-19(13-17)25-21(24)20(15-23)16-8-6-5-7-9-16;/h5-9,17-20,23H,3-4,10-15H2,1-2H3;1H/q+1;/p-1/t17-,18+,19?,20-,22?;/m1./s1. The van der Waals surface area contributed by atoms with Gasteiger partial charge in [-0.3, -0.25) is 4.79 Å². The zero-order valence-electron chi connectivity index (χ0n) is 15.9. The van der Waals surface area contributed by atoms with Gasteiger partial charge in [-0.1, -0.05) is 43.7 Å². The number of esters is 1. The van der Waals surface area contributed by atoms with Crippen LogP contribution in [0.5, 0.6) is 0 Å². The van der Waals surface area contributed by atoms with Crippen molar-refractivity contribution < 1.29 is 36.1 Å². The number of unbranched alkanes of at least 4 members (excludes halogenated alkanes) is 1. The number of aliphatic hydroxyl groups is 1. The summed E-state index contributed by atoms with van der Waals surface area (Å²) in [6.45, 7) is 3.30. The summed E-state index contributed by atoms with van der Waals surface area (Å²) in [5.74, 6) is -0.843. The van der Waals surface area contributed by atoms with E-state index >= 15 is 0 Å². The molecular weight excluding hydrogens is 394 g/mol. The molecule has 2 saturated heterocycles. The Bertz CT molecular complexity index is 566. The van der Waals surface area contributed by atoms with E-state index in [1.165, 1.54) is 36.7 Å². The first kappa shape index (κ1) is 21.4. The molecule has 0 amide bonds. The highest BCUT2D eigenvalue weighted by atomic mass is 79.9. The quantitative estimate of drug-likeness (QED) is 0.503. The Balaban J connectivity index is 0.00000243. The number of piperidine rings is 1. The molecule has 1 N–H and O–H groups in total. The maximum absolute atomic E-state index is 12.6. The molecule has 0 radical (unpaired) electrons. The number of fused-ring (bicyclic) bond motifs is 2. The van der Waals surface area contributed by atoms with Gasteiger partial charge in [0.05, 0.1) is 32.3 Å². The van der Waals surface area contributed by atoms with Crippen molar-refractivity contribution in [1.29, 1.82) is 0 Å². The fraction of sp³-hybridized carbons (Fsp3) is 0.667. The van der Waals surface area contributed by atoms with Crippen LogP contribution < -0.4 is 17.0 Å². The van der Waals surface area contributed by atoms with Crippen molar-refractivity contribution in [3.63, 3.8) is 0 Å². The van der Waals surface area contributed by atoms with Gasteiger partial charge in [-0.05, 0) is 12.0 Å². The van der Waals surface area contributed by atoms with Gasteiger partial charge in [-0.2, -0.15) is 0 Å². The number of rotatable bonds is 7. The number of hydrogen-bond acceptors (Lipinski definition) is 3. The Morgan fingerprint density at radius 2 is 1.85 bits per heavy atom. The number of carbonyl (C=O) groups excluding carboxylic acids is 1. The lowest BCUT2D eigenvalue weighted by molar-refractivity contribution is -0.949. The summed E-state index contributed by atoms with van der Waals surface area (Å²) in [5.41, 5.74) is 0.831. The van der Waals surface area contributed by atoms with Gasteiger partial charge in [0, 0.05) is 25.7 Å². The van der Waals surface area contributed by atoms with Crippen LogP contribution in [0.1, 0.15) is 56.9 Å². The molecule has 4 nitrogen and oxygen atoms in total. The number of nitrogens with zero attached hydrogens (tertiary/aromatic N) is 1. The molecule has 26 heavy (non-hydrogen) atoms. The van der Waals surface area contributed by atoms with Crippen molar-refractivity contribution in [3.8, 4) is 0 Å². The van der Waals surface area contributed by atoms with Crippen LogP contribution in [0.2, 0.25) is 0 Å². The number of quaternary nitrogens is 1. The van der Waals surface area contributed by atoms with Crippen molar-refractivity contribution in [3.05, 3.63) is 35.9 Å². The van der Waals surface area contributed by atoms with E-state index in [0.29, 0.717) is 12.1 Å². The minimum atomic E-state index is -0.568. The Labute approximate surface area is 167 Å². The summed E-state index contributed by atoms with van der Waals surface area (Å²) < 4.78 is 7.04. The fourth-order valence-corrected chi connectivity index (χ4v) is 4.90. The molecule has 3 rings (SSSR count). The molecule has 1 aromatic rings. The predicted molar refractivity (Wildman–Crippen MR) is 98.2 cm³/mol. The molecule has 0 saturated carbocycles. The third-order valence-electron chi connectivity index (χ3n) is 6.52. The molecule has 2 fully saturated rings. The number of hydrogen-bond donors (Lipinski definition) is 1. The predicted octanol–water partition coefficient (Wildman–Crippen LogP) is 0.250. The number of carbonyl (C=O) groups is 1. The van der Waals surface area contributed by atoms with Gasteiger partial charge in [0.2, 0.25) is 0 Å². The SMILES string of the molecule is CCCC[N+]1(C)[C@@H]2CC[C@H]1CC(OC(=O)[C@H](CO)c1ccccc1)C2.[Br-]. The van der Waals surface area contributed by atoms with Crippen LogP contribution in [0.25, 0.3) is 0 Å². The largest absolute Gasteiger partial charge is 1.00 e. The first-order chi connectivity index (χ1) is 12.1. The van der Waals surface area contributed by atoms with Crippen molar-refractivity contribution in [1.82, 2.24) is 0 Å². The lowest BCUT2D eigenvalue weighted by Gasteiger charge is -2.47. The third kappa shape index (κ3) is 4.32. The monoisotopic (exact) mass is 425 g/mol. The highest BCUT2D eigenvalue weighted by Gasteiger charge is 2.52. The van der Waals surface area contributed by atoms with E-state index in [0.717, 1.165) is 18.4 Å². The van der Waals surface area contributed by atoms with Crippen LogP contribution in [0, 0.1) is 0 Å². The molecule has 1 aromatic carbocycles. The van der Waals surface area contributed by atoms with Gasteiger partial charge >= 0.3 is 5.97 Å². The van der Waals surface area contributed by atoms with Gasteiger partial charge < -0.3 is 31.3 Å². The maximum Gasteiger partial charge on any atom is 0.316 e. The minimum absolute atomic E-state index is 0. The minimum Gasteiger partial charge on any atom is -1.00 e. The number of ether oxygens (including phenoxy) is 1. The molecule has 0 aromatic heterocycles. The first-order valence-electron chi connectivity index (χ1n) is 9.79.